The predicted octanol–water partition coefficient (Wildman–Crippen LogP) is 0.463. The molecule has 0 radical (unpaired) electrons. The van der Waals surface area contributed by atoms with Crippen molar-refractivity contribution in [3.8, 4) is 0 Å². The highest BCUT2D eigenvalue weighted by Gasteiger charge is 2.21. The highest BCUT2D eigenvalue weighted by molar-refractivity contribution is 7.89. The number of hydrogen-bond acceptors (Lipinski definition) is 3. The van der Waals surface area contributed by atoms with Gasteiger partial charge < -0.3 is 0 Å². The number of fused-ring (bicyclic) bond motifs is 1. The molecule has 0 unspecified atom stereocenters. The van der Waals surface area contributed by atoms with Gasteiger partial charge in [-0.3, -0.25) is 4.79 Å². The van der Waals surface area contributed by atoms with Gasteiger partial charge in [0.25, 0.3) is 0 Å². The van der Waals surface area contributed by atoms with Crippen LogP contribution in [0.4, 0.5) is 0 Å². The summed E-state index contributed by atoms with van der Waals surface area (Å²) < 4.78 is 22.0. The minimum atomic E-state index is -3.70. The van der Waals surface area contributed by atoms with Crippen molar-refractivity contribution in [3.05, 3.63) is 29.3 Å². The highest BCUT2D eigenvalue weighted by atomic mass is 32.2. The van der Waals surface area contributed by atoms with E-state index >= 15 is 0 Å². The number of nitrogens with two attached hydrogens (primary N) is 1. The van der Waals surface area contributed by atoms with Gasteiger partial charge in [0.15, 0.2) is 5.78 Å². The normalized spacial score (nSPS) is 15.6. The van der Waals surface area contributed by atoms with E-state index in [1.165, 1.54) is 12.1 Å². The molecule has 2 rings (SSSR count). The van der Waals surface area contributed by atoms with Crippen LogP contribution in [0.3, 0.4) is 0 Å². The quantitative estimate of drug-likeness (QED) is 0.733. The molecule has 4 nitrogen and oxygen atoms in total. The first-order valence-electron chi connectivity index (χ1n) is 4.17. The molecule has 1 aliphatic carbocycles. The molecule has 1 aromatic carbocycles. The van der Waals surface area contributed by atoms with Gasteiger partial charge >= 0.3 is 0 Å². The Balaban J connectivity index is 2.61. The second-order valence-corrected chi connectivity index (χ2v) is 4.85. The first-order chi connectivity index (χ1) is 6.48. The first-order valence-corrected chi connectivity index (χ1v) is 5.72. The summed E-state index contributed by atoms with van der Waals surface area (Å²) in [5.74, 6) is -0.00880. The summed E-state index contributed by atoms with van der Waals surface area (Å²) in [5, 5.41) is 4.96. The van der Waals surface area contributed by atoms with E-state index in [4.69, 9.17) is 5.14 Å². The lowest BCUT2D eigenvalue weighted by molar-refractivity contribution is 0.0994. The van der Waals surface area contributed by atoms with E-state index in [9.17, 15) is 13.2 Å². The minimum absolute atomic E-state index is 0.00602. The number of sulfonamides is 1. The average molecular weight is 211 g/mol. The third-order valence-corrected chi connectivity index (χ3v) is 3.24. The molecule has 0 saturated heterocycles. The summed E-state index contributed by atoms with van der Waals surface area (Å²) in [4.78, 5) is 11.3. The summed E-state index contributed by atoms with van der Waals surface area (Å²) in [6.07, 6.45) is 1.16. The number of hydrogen-bond donors (Lipinski definition) is 1. The molecule has 0 heterocycles. The third kappa shape index (κ3) is 1.44. The Hall–Kier alpha value is -1.20. The molecule has 5 heteroatoms. The van der Waals surface area contributed by atoms with Crippen molar-refractivity contribution < 1.29 is 13.2 Å². The molecular weight excluding hydrogens is 202 g/mol. The van der Waals surface area contributed by atoms with Crippen molar-refractivity contribution in [1.29, 1.82) is 0 Å². The lowest BCUT2D eigenvalue weighted by atomic mass is 10.1. The van der Waals surface area contributed by atoms with Crippen LogP contribution in [0.15, 0.2) is 23.1 Å². The topological polar surface area (TPSA) is 77.2 Å². The molecule has 0 fully saturated rings. The summed E-state index contributed by atoms with van der Waals surface area (Å²) in [5.41, 5.74) is 1.40. The number of Topliss-reactive ketones (excluding diaryl/α,β-unsaturated/α-hetero) is 1. The Kier molecular flexibility index (Phi) is 1.94. The molecule has 0 spiro atoms. The van der Waals surface area contributed by atoms with Crippen molar-refractivity contribution in [2.24, 2.45) is 5.14 Å². The van der Waals surface area contributed by atoms with Crippen LogP contribution in [-0.2, 0) is 16.4 Å². The zero-order valence-corrected chi connectivity index (χ0v) is 8.17. The molecule has 1 aliphatic rings. The van der Waals surface area contributed by atoms with E-state index in [1.807, 2.05) is 0 Å². The molecule has 0 bridgehead atoms. The maximum Gasteiger partial charge on any atom is 0.238 e. The number of primary sulfonamides is 1. The van der Waals surface area contributed by atoms with Gasteiger partial charge in [0.2, 0.25) is 10.0 Å². The van der Waals surface area contributed by atoms with E-state index in [-0.39, 0.29) is 10.7 Å². The fourth-order valence-electron chi connectivity index (χ4n) is 1.59. The maximum atomic E-state index is 11.3. The summed E-state index contributed by atoms with van der Waals surface area (Å²) >= 11 is 0. The van der Waals surface area contributed by atoms with Crippen LogP contribution in [-0.4, -0.2) is 14.2 Å². The highest BCUT2D eigenvalue weighted by Crippen LogP contribution is 2.24. The van der Waals surface area contributed by atoms with E-state index in [0.29, 0.717) is 18.4 Å². The fraction of sp³-hybridized carbons (Fsp3) is 0.222. The second kappa shape index (κ2) is 2.90. The summed E-state index contributed by atoms with van der Waals surface area (Å²) in [6.45, 7) is 0. The Morgan fingerprint density at radius 1 is 1.21 bits per heavy atom. The van der Waals surface area contributed by atoms with Crippen LogP contribution in [0, 0.1) is 0 Å². The maximum absolute atomic E-state index is 11.3. The molecule has 74 valence electrons. The molecule has 1 aromatic rings. The number of carbonyl (C=O) groups is 1. The smallest absolute Gasteiger partial charge is 0.238 e. The van der Waals surface area contributed by atoms with Gasteiger partial charge in [-0.2, -0.15) is 0 Å². The molecule has 2 N–H and O–H groups in total. The Morgan fingerprint density at radius 2 is 1.93 bits per heavy atom. The zero-order chi connectivity index (χ0) is 10.3. The Bertz CT molecular complexity index is 505. The molecule has 0 aliphatic heterocycles. The average Bonchev–Trinajstić information content (AvgIpc) is 2.46. The van der Waals surface area contributed by atoms with Crippen LogP contribution in [0.2, 0.25) is 0 Å². The number of ketones is 1. The van der Waals surface area contributed by atoms with Gasteiger partial charge in [-0.1, -0.05) is 6.07 Å². The largest absolute Gasteiger partial charge is 0.294 e. The monoisotopic (exact) mass is 211 g/mol. The molecule has 0 aromatic heterocycles. The Labute approximate surface area is 81.8 Å². The van der Waals surface area contributed by atoms with Gasteiger partial charge in [0.05, 0.1) is 4.90 Å². The lowest BCUT2D eigenvalue weighted by Crippen LogP contribution is -2.12. The third-order valence-electron chi connectivity index (χ3n) is 2.33. The zero-order valence-electron chi connectivity index (χ0n) is 7.36. The molecule has 14 heavy (non-hydrogen) atoms. The van der Waals surface area contributed by atoms with Crippen LogP contribution in [0.25, 0.3) is 0 Å². The molecule has 0 atom stereocenters. The van der Waals surface area contributed by atoms with Crippen LogP contribution < -0.4 is 5.14 Å². The lowest BCUT2D eigenvalue weighted by Gasteiger charge is -2.01. The van der Waals surface area contributed by atoms with Gasteiger partial charge in [0, 0.05) is 12.0 Å². The molecule has 0 amide bonds. The fourth-order valence-corrected chi connectivity index (χ4v) is 2.13. The predicted molar refractivity (Wildman–Crippen MR) is 50.5 cm³/mol. The van der Waals surface area contributed by atoms with Crippen LogP contribution >= 0.6 is 0 Å². The number of carbonyl (C=O) groups excluding carboxylic acids is 1. The van der Waals surface area contributed by atoms with Gasteiger partial charge in [-0.25, -0.2) is 13.6 Å². The standard InChI is InChI=1S/C9H9NO3S/c10-14(12,13)7-3-1-6-2-4-9(11)8(6)5-7/h1,3,5H,2,4H2,(H2,10,12,13). The molecular formula is C9H9NO3S. The van der Waals surface area contributed by atoms with E-state index in [1.54, 1.807) is 6.07 Å². The summed E-state index contributed by atoms with van der Waals surface area (Å²) in [7, 11) is -3.70. The minimum Gasteiger partial charge on any atom is -0.294 e. The second-order valence-electron chi connectivity index (χ2n) is 3.29. The van der Waals surface area contributed by atoms with Crippen molar-refractivity contribution >= 4 is 15.8 Å². The van der Waals surface area contributed by atoms with Gasteiger partial charge in [-0.05, 0) is 24.1 Å². The summed E-state index contributed by atoms with van der Waals surface area (Å²) in [6, 6.07) is 4.45. The van der Waals surface area contributed by atoms with Crippen molar-refractivity contribution in [2.45, 2.75) is 17.7 Å². The van der Waals surface area contributed by atoms with E-state index in [2.05, 4.69) is 0 Å². The molecule has 0 saturated carbocycles. The SMILES string of the molecule is NS(=O)(=O)c1ccc2c(c1)C(=O)CC2. The number of benzene rings is 1. The van der Waals surface area contributed by atoms with Crippen LogP contribution in [0.1, 0.15) is 22.3 Å². The van der Waals surface area contributed by atoms with Gasteiger partial charge in [-0.15, -0.1) is 0 Å². The van der Waals surface area contributed by atoms with Gasteiger partial charge in [0.1, 0.15) is 0 Å². The van der Waals surface area contributed by atoms with Crippen molar-refractivity contribution in [1.82, 2.24) is 0 Å². The first kappa shape index (κ1) is 9.36. The number of rotatable bonds is 1. The number of aryl methyl sites for hydroxylation is 1. The van der Waals surface area contributed by atoms with Crippen molar-refractivity contribution in [2.75, 3.05) is 0 Å². The van der Waals surface area contributed by atoms with E-state index in [0.717, 1.165) is 5.56 Å². The van der Waals surface area contributed by atoms with Crippen molar-refractivity contribution in [3.63, 3.8) is 0 Å². The van der Waals surface area contributed by atoms with E-state index < -0.39 is 10.0 Å². The Morgan fingerprint density at radius 3 is 2.57 bits per heavy atom. The van der Waals surface area contributed by atoms with Crippen LogP contribution in [0.5, 0.6) is 0 Å².